The van der Waals surface area contributed by atoms with Crippen molar-refractivity contribution in [1.82, 2.24) is 15.2 Å². The number of thiazole rings is 1. The topological polar surface area (TPSA) is 45.2 Å². The number of hydrogen-bond donors (Lipinski definition) is 1. The fourth-order valence-electron chi connectivity index (χ4n) is 2.90. The molecule has 1 aliphatic rings. The van der Waals surface area contributed by atoms with Crippen molar-refractivity contribution in [1.29, 1.82) is 0 Å². The second-order valence-electron chi connectivity index (χ2n) is 6.17. The normalized spacial score (nSPS) is 15.4. The SMILES string of the molecule is Cc1nc(CN2CCCCC2)sc1C(=O)NCc1ccc(F)cc1. The maximum atomic E-state index is 12.9. The third-order valence-corrected chi connectivity index (χ3v) is 5.36. The number of aryl methyl sites for hydroxylation is 1. The van der Waals surface area contributed by atoms with Crippen molar-refractivity contribution >= 4 is 17.2 Å². The number of amides is 1. The minimum atomic E-state index is -0.272. The quantitative estimate of drug-likeness (QED) is 0.900. The number of nitrogens with one attached hydrogen (secondary N) is 1. The van der Waals surface area contributed by atoms with Gasteiger partial charge < -0.3 is 5.32 Å². The van der Waals surface area contributed by atoms with E-state index in [1.54, 1.807) is 12.1 Å². The highest BCUT2D eigenvalue weighted by Gasteiger charge is 2.18. The van der Waals surface area contributed by atoms with Crippen LogP contribution in [0.3, 0.4) is 0 Å². The molecule has 0 spiro atoms. The lowest BCUT2D eigenvalue weighted by atomic mass is 10.1. The first kappa shape index (κ1) is 17.0. The number of carbonyl (C=O) groups is 1. The zero-order chi connectivity index (χ0) is 16.9. The van der Waals surface area contributed by atoms with Gasteiger partial charge in [0.25, 0.3) is 5.91 Å². The molecule has 2 heterocycles. The van der Waals surface area contributed by atoms with E-state index in [0.29, 0.717) is 11.4 Å². The number of benzene rings is 1. The Balaban J connectivity index is 1.59. The molecule has 0 saturated carbocycles. The van der Waals surface area contributed by atoms with E-state index in [4.69, 9.17) is 0 Å². The highest BCUT2D eigenvalue weighted by molar-refractivity contribution is 7.13. The summed E-state index contributed by atoms with van der Waals surface area (Å²) >= 11 is 1.47. The fourth-order valence-corrected chi connectivity index (χ4v) is 3.93. The van der Waals surface area contributed by atoms with Gasteiger partial charge in [0.2, 0.25) is 0 Å². The molecule has 24 heavy (non-hydrogen) atoms. The Morgan fingerprint density at radius 2 is 1.96 bits per heavy atom. The molecule has 1 saturated heterocycles. The van der Waals surface area contributed by atoms with Gasteiger partial charge in [0.1, 0.15) is 15.7 Å². The molecule has 1 fully saturated rings. The Morgan fingerprint density at radius 1 is 1.25 bits per heavy atom. The van der Waals surface area contributed by atoms with Gasteiger partial charge in [0.05, 0.1) is 12.2 Å². The van der Waals surface area contributed by atoms with Crippen molar-refractivity contribution in [3.8, 4) is 0 Å². The lowest BCUT2D eigenvalue weighted by Crippen LogP contribution is -2.29. The number of nitrogens with zero attached hydrogens (tertiary/aromatic N) is 2. The molecule has 4 nitrogen and oxygen atoms in total. The number of halogens is 1. The van der Waals surface area contributed by atoms with Crippen LogP contribution < -0.4 is 5.32 Å². The van der Waals surface area contributed by atoms with Crippen LogP contribution in [0.2, 0.25) is 0 Å². The van der Waals surface area contributed by atoms with E-state index in [1.165, 1.54) is 42.7 Å². The third kappa shape index (κ3) is 4.39. The lowest BCUT2D eigenvalue weighted by Gasteiger charge is -2.25. The maximum Gasteiger partial charge on any atom is 0.263 e. The van der Waals surface area contributed by atoms with Gasteiger partial charge in [-0.1, -0.05) is 18.6 Å². The number of likely N-dealkylation sites (tertiary alicyclic amines) is 1. The zero-order valence-electron chi connectivity index (χ0n) is 13.8. The molecule has 2 aromatic rings. The molecular weight excluding hydrogens is 325 g/mol. The highest BCUT2D eigenvalue weighted by Crippen LogP contribution is 2.21. The largest absolute Gasteiger partial charge is 0.347 e. The molecule has 0 unspecified atom stereocenters. The van der Waals surface area contributed by atoms with Crippen molar-refractivity contribution in [3.63, 3.8) is 0 Å². The first-order valence-corrected chi connectivity index (χ1v) is 9.15. The highest BCUT2D eigenvalue weighted by atomic mass is 32.1. The van der Waals surface area contributed by atoms with Crippen LogP contribution in [0.25, 0.3) is 0 Å². The van der Waals surface area contributed by atoms with Crippen LogP contribution >= 0.6 is 11.3 Å². The number of piperidine rings is 1. The Hall–Kier alpha value is -1.79. The summed E-state index contributed by atoms with van der Waals surface area (Å²) < 4.78 is 12.9. The Bertz CT molecular complexity index is 693. The van der Waals surface area contributed by atoms with Crippen molar-refractivity contribution in [2.24, 2.45) is 0 Å². The average Bonchev–Trinajstić information content (AvgIpc) is 2.95. The van der Waals surface area contributed by atoms with Crippen molar-refractivity contribution in [2.75, 3.05) is 13.1 Å². The number of hydrogen-bond acceptors (Lipinski definition) is 4. The fraction of sp³-hybridized carbons (Fsp3) is 0.444. The summed E-state index contributed by atoms with van der Waals surface area (Å²) in [7, 11) is 0. The van der Waals surface area contributed by atoms with Crippen LogP contribution in [0.4, 0.5) is 4.39 Å². The zero-order valence-corrected chi connectivity index (χ0v) is 14.7. The van der Waals surface area contributed by atoms with E-state index in [2.05, 4.69) is 15.2 Å². The van der Waals surface area contributed by atoms with Gasteiger partial charge in [0.15, 0.2) is 0 Å². The number of rotatable bonds is 5. The predicted octanol–water partition coefficient (Wildman–Crippen LogP) is 3.51. The second kappa shape index (κ2) is 7.85. The smallest absolute Gasteiger partial charge is 0.263 e. The molecule has 1 N–H and O–H groups in total. The summed E-state index contributed by atoms with van der Waals surface area (Å²) in [5.74, 6) is -0.384. The van der Waals surface area contributed by atoms with Gasteiger partial charge in [-0.25, -0.2) is 9.37 Å². The second-order valence-corrected chi connectivity index (χ2v) is 7.25. The van der Waals surface area contributed by atoms with Gasteiger partial charge in [-0.2, -0.15) is 0 Å². The van der Waals surface area contributed by atoms with Crippen LogP contribution in [0.5, 0.6) is 0 Å². The molecule has 0 aliphatic carbocycles. The maximum absolute atomic E-state index is 12.9. The van der Waals surface area contributed by atoms with Crippen LogP contribution in [-0.2, 0) is 13.1 Å². The molecule has 1 amide bonds. The minimum absolute atomic E-state index is 0.112. The summed E-state index contributed by atoms with van der Waals surface area (Å²) in [6.45, 7) is 5.33. The van der Waals surface area contributed by atoms with E-state index in [9.17, 15) is 9.18 Å². The minimum Gasteiger partial charge on any atom is -0.347 e. The Morgan fingerprint density at radius 3 is 2.67 bits per heavy atom. The summed E-state index contributed by atoms with van der Waals surface area (Å²) in [5.41, 5.74) is 1.66. The van der Waals surface area contributed by atoms with E-state index < -0.39 is 0 Å². The van der Waals surface area contributed by atoms with Gasteiger partial charge in [0, 0.05) is 6.54 Å². The van der Waals surface area contributed by atoms with E-state index in [1.807, 2.05) is 6.92 Å². The monoisotopic (exact) mass is 347 g/mol. The molecule has 0 radical (unpaired) electrons. The average molecular weight is 347 g/mol. The molecule has 3 rings (SSSR count). The van der Waals surface area contributed by atoms with Gasteiger partial charge in [-0.15, -0.1) is 11.3 Å². The molecule has 1 aliphatic heterocycles. The van der Waals surface area contributed by atoms with Crippen molar-refractivity contribution in [3.05, 3.63) is 51.2 Å². The van der Waals surface area contributed by atoms with Crippen LogP contribution in [0.15, 0.2) is 24.3 Å². The predicted molar refractivity (Wildman–Crippen MR) is 93.5 cm³/mol. The Labute approximate surface area is 145 Å². The van der Waals surface area contributed by atoms with Crippen LogP contribution in [-0.4, -0.2) is 28.9 Å². The van der Waals surface area contributed by atoms with Gasteiger partial charge >= 0.3 is 0 Å². The van der Waals surface area contributed by atoms with E-state index >= 15 is 0 Å². The molecular formula is C18H22FN3OS. The van der Waals surface area contributed by atoms with E-state index in [-0.39, 0.29) is 11.7 Å². The summed E-state index contributed by atoms with van der Waals surface area (Å²) in [6.07, 6.45) is 3.80. The lowest BCUT2D eigenvalue weighted by molar-refractivity contribution is 0.0954. The van der Waals surface area contributed by atoms with Crippen molar-refractivity contribution < 1.29 is 9.18 Å². The summed E-state index contributed by atoms with van der Waals surface area (Å²) in [4.78, 5) is 20.0. The molecule has 6 heteroatoms. The first-order chi connectivity index (χ1) is 11.6. The van der Waals surface area contributed by atoms with Gasteiger partial charge in [-0.3, -0.25) is 9.69 Å². The summed E-state index contributed by atoms with van der Waals surface area (Å²) in [5, 5.41) is 3.89. The number of carbonyl (C=O) groups excluding carboxylic acids is 1. The first-order valence-electron chi connectivity index (χ1n) is 8.33. The van der Waals surface area contributed by atoms with Crippen LogP contribution in [0, 0.1) is 12.7 Å². The Kier molecular flexibility index (Phi) is 5.58. The van der Waals surface area contributed by atoms with E-state index in [0.717, 1.165) is 35.9 Å². The molecule has 1 aromatic carbocycles. The molecule has 0 atom stereocenters. The standard InChI is InChI=1S/C18H22FN3OS/c1-13-17(18(23)20-11-14-5-7-15(19)8-6-14)24-16(21-13)12-22-9-3-2-4-10-22/h5-8H,2-4,9-12H2,1H3,(H,20,23). The molecule has 1 aromatic heterocycles. The number of aromatic nitrogens is 1. The third-order valence-electron chi connectivity index (χ3n) is 4.22. The van der Waals surface area contributed by atoms with Gasteiger partial charge in [-0.05, 0) is 50.6 Å². The van der Waals surface area contributed by atoms with Crippen molar-refractivity contribution in [2.45, 2.75) is 39.3 Å². The summed E-state index contributed by atoms with van der Waals surface area (Å²) in [6, 6.07) is 6.15. The molecule has 128 valence electrons. The molecule has 0 bridgehead atoms. The van der Waals surface area contributed by atoms with Crippen LogP contribution in [0.1, 0.15) is 45.2 Å².